The van der Waals surface area contributed by atoms with E-state index in [1.165, 1.54) is 18.3 Å². The average Bonchev–Trinajstić information content (AvgIpc) is 3.05. The molecule has 0 saturated carbocycles. The molecule has 9 heteroatoms. The fourth-order valence-corrected chi connectivity index (χ4v) is 3.91. The van der Waals surface area contributed by atoms with Crippen molar-refractivity contribution in [2.75, 3.05) is 11.9 Å². The minimum absolute atomic E-state index is 0.00166. The number of nitrogens with one attached hydrogen (secondary N) is 1. The molecule has 1 N–H and O–H groups in total. The summed E-state index contributed by atoms with van der Waals surface area (Å²) >= 11 is 0. The number of hydrogen-bond donors (Lipinski definition) is 1. The number of benzene rings is 2. The summed E-state index contributed by atoms with van der Waals surface area (Å²) in [4.78, 5) is 24.8. The van der Waals surface area contributed by atoms with E-state index in [-0.39, 0.29) is 11.4 Å². The number of rotatable bonds is 7. The first-order chi connectivity index (χ1) is 13.8. The van der Waals surface area contributed by atoms with Crippen molar-refractivity contribution in [1.82, 2.24) is 8.54 Å². The highest BCUT2D eigenvalue weighted by Gasteiger charge is 2.21. The first kappa shape index (κ1) is 20.4. The molecule has 0 bridgehead atoms. The minimum atomic E-state index is -4.03. The third kappa shape index (κ3) is 4.57. The average molecular weight is 415 g/mol. The number of imidazole rings is 1. The van der Waals surface area contributed by atoms with Crippen LogP contribution in [0.25, 0.3) is 0 Å². The van der Waals surface area contributed by atoms with Crippen molar-refractivity contribution in [3.05, 3.63) is 77.0 Å². The van der Waals surface area contributed by atoms with Gasteiger partial charge in [0.1, 0.15) is 12.3 Å². The van der Waals surface area contributed by atoms with Crippen LogP contribution < -0.4 is 15.7 Å². The maximum Gasteiger partial charge on any atom is 0.342 e. The molecule has 3 aromatic rings. The quantitative estimate of drug-likeness (QED) is 0.638. The minimum Gasteiger partial charge on any atom is -0.494 e. The number of ether oxygens (including phenoxy) is 1. The van der Waals surface area contributed by atoms with Crippen molar-refractivity contribution in [2.45, 2.75) is 25.3 Å². The molecule has 0 aliphatic heterocycles. The highest BCUT2D eigenvalue weighted by Crippen LogP contribution is 2.16. The van der Waals surface area contributed by atoms with E-state index in [0.717, 1.165) is 16.3 Å². The molecule has 29 heavy (non-hydrogen) atoms. The Hall–Kier alpha value is -3.33. The second kappa shape index (κ2) is 8.36. The number of aromatic nitrogens is 2. The second-order valence-electron chi connectivity index (χ2n) is 6.33. The molecule has 0 fully saturated rings. The van der Waals surface area contributed by atoms with Gasteiger partial charge in [-0.2, -0.15) is 3.97 Å². The molecule has 2 aromatic carbocycles. The Morgan fingerprint density at radius 3 is 2.31 bits per heavy atom. The number of nitrogens with zero attached hydrogens (tertiary/aromatic N) is 2. The predicted molar refractivity (Wildman–Crippen MR) is 109 cm³/mol. The summed E-state index contributed by atoms with van der Waals surface area (Å²) < 4.78 is 32.4. The van der Waals surface area contributed by atoms with Gasteiger partial charge in [-0.05, 0) is 50.2 Å². The van der Waals surface area contributed by atoms with E-state index < -0.39 is 21.6 Å². The smallest absolute Gasteiger partial charge is 0.342 e. The standard InChI is InChI=1S/C20H21N3O5S/c1-3-28-17-8-6-16(7-9-17)21-19(24)14-22-12-13-23(20(22)25)29(26,27)18-10-4-15(2)5-11-18/h4-13H,3,14H2,1-2H3,(H,21,24). The van der Waals surface area contributed by atoms with Gasteiger partial charge < -0.3 is 10.1 Å². The van der Waals surface area contributed by atoms with E-state index >= 15 is 0 Å². The van der Waals surface area contributed by atoms with Gasteiger partial charge >= 0.3 is 5.69 Å². The SMILES string of the molecule is CCOc1ccc(NC(=O)Cn2ccn(S(=O)(=O)c3ccc(C)cc3)c2=O)cc1. The Morgan fingerprint density at radius 2 is 1.69 bits per heavy atom. The molecule has 3 rings (SSSR count). The first-order valence-electron chi connectivity index (χ1n) is 8.94. The Kier molecular flexibility index (Phi) is 5.88. The summed E-state index contributed by atoms with van der Waals surface area (Å²) in [6, 6.07) is 13.0. The van der Waals surface area contributed by atoms with Crippen LogP contribution in [-0.4, -0.2) is 29.5 Å². The van der Waals surface area contributed by atoms with Gasteiger partial charge in [0.2, 0.25) is 5.91 Å². The normalized spacial score (nSPS) is 11.2. The largest absolute Gasteiger partial charge is 0.494 e. The summed E-state index contributed by atoms with van der Waals surface area (Å²) in [5.74, 6) is 0.224. The topological polar surface area (TPSA) is 99.4 Å². The van der Waals surface area contributed by atoms with Crippen LogP contribution in [0.1, 0.15) is 12.5 Å². The van der Waals surface area contributed by atoms with Gasteiger partial charge in [-0.3, -0.25) is 9.36 Å². The van der Waals surface area contributed by atoms with Crippen molar-refractivity contribution >= 4 is 21.6 Å². The number of aryl methyl sites for hydroxylation is 1. The second-order valence-corrected chi connectivity index (χ2v) is 8.14. The Labute approximate surface area is 168 Å². The summed E-state index contributed by atoms with van der Waals surface area (Å²) in [5, 5.41) is 2.66. The molecule has 0 aliphatic rings. The van der Waals surface area contributed by atoms with Crippen LogP contribution in [0.4, 0.5) is 5.69 Å². The number of carbonyl (C=O) groups excluding carboxylic acids is 1. The first-order valence-corrected chi connectivity index (χ1v) is 10.4. The van der Waals surface area contributed by atoms with E-state index in [2.05, 4.69) is 5.32 Å². The van der Waals surface area contributed by atoms with E-state index in [0.29, 0.717) is 22.0 Å². The highest BCUT2D eigenvalue weighted by molar-refractivity contribution is 7.90. The van der Waals surface area contributed by atoms with Crippen LogP contribution in [-0.2, 0) is 21.4 Å². The molecule has 0 atom stereocenters. The molecular formula is C20H21N3O5S. The van der Waals surface area contributed by atoms with Crippen molar-refractivity contribution in [3.63, 3.8) is 0 Å². The zero-order valence-corrected chi connectivity index (χ0v) is 16.8. The number of carbonyl (C=O) groups is 1. The summed E-state index contributed by atoms with van der Waals surface area (Å²) in [5.41, 5.74) is 0.630. The Morgan fingerprint density at radius 1 is 1.03 bits per heavy atom. The van der Waals surface area contributed by atoms with Crippen molar-refractivity contribution in [3.8, 4) is 5.75 Å². The molecule has 1 aromatic heterocycles. The van der Waals surface area contributed by atoms with Gasteiger partial charge in [0.25, 0.3) is 10.0 Å². The fraction of sp³-hybridized carbons (Fsp3) is 0.200. The van der Waals surface area contributed by atoms with Gasteiger partial charge in [-0.1, -0.05) is 17.7 Å². The van der Waals surface area contributed by atoms with Crippen LogP contribution in [0.15, 0.2) is 70.6 Å². The van der Waals surface area contributed by atoms with Crippen molar-refractivity contribution < 1.29 is 17.9 Å². The fourth-order valence-electron chi connectivity index (χ4n) is 2.68. The zero-order chi connectivity index (χ0) is 21.0. The molecule has 0 unspecified atom stereocenters. The van der Waals surface area contributed by atoms with Crippen LogP contribution in [0.3, 0.4) is 0 Å². The van der Waals surface area contributed by atoms with Crippen LogP contribution in [0, 0.1) is 6.92 Å². The van der Waals surface area contributed by atoms with Gasteiger partial charge in [0, 0.05) is 18.1 Å². The highest BCUT2D eigenvalue weighted by atomic mass is 32.2. The molecule has 0 radical (unpaired) electrons. The van der Waals surface area contributed by atoms with Gasteiger partial charge in [-0.25, -0.2) is 13.2 Å². The van der Waals surface area contributed by atoms with E-state index in [1.54, 1.807) is 36.4 Å². The zero-order valence-electron chi connectivity index (χ0n) is 16.0. The third-order valence-corrected chi connectivity index (χ3v) is 5.82. The molecule has 8 nitrogen and oxygen atoms in total. The Bertz CT molecular complexity index is 1160. The van der Waals surface area contributed by atoms with E-state index in [9.17, 15) is 18.0 Å². The van der Waals surface area contributed by atoms with Crippen LogP contribution in [0.2, 0.25) is 0 Å². The van der Waals surface area contributed by atoms with Crippen molar-refractivity contribution in [2.24, 2.45) is 0 Å². The van der Waals surface area contributed by atoms with Gasteiger partial charge in [-0.15, -0.1) is 0 Å². The number of amides is 1. The van der Waals surface area contributed by atoms with Gasteiger partial charge in [0.05, 0.1) is 11.5 Å². The van der Waals surface area contributed by atoms with E-state index in [4.69, 9.17) is 4.74 Å². The lowest BCUT2D eigenvalue weighted by atomic mass is 10.2. The summed E-state index contributed by atoms with van der Waals surface area (Å²) in [6.45, 7) is 3.93. The maximum atomic E-state index is 12.7. The summed E-state index contributed by atoms with van der Waals surface area (Å²) in [6.07, 6.45) is 2.41. The Balaban J connectivity index is 1.74. The molecule has 0 saturated heterocycles. The van der Waals surface area contributed by atoms with Gasteiger partial charge in [0.15, 0.2) is 0 Å². The monoisotopic (exact) mass is 415 g/mol. The summed E-state index contributed by atoms with van der Waals surface area (Å²) in [7, 11) is -4.03. The lowest BCUT2D eigenvalue weighted by Crippen LogP contribution is -2.32. The molecular weight excluding hydrogens is 394 g/mol. The molecule has 1 heterocycles. The maximum absolute atomic E-state index is 12.7. The number of anilines is 1. The lowest BCUT2D eigenvalue weighted by molar-refractivity contribution is -0.116. The molecule has 0 aliphatic carbocycles. The number of hydrogen-bond acceptors (Lipinski definition) is 5. The third-order valence-electron chi connectivity index (χ3n) is 4.16. The lowest BCUT2D eigenvalue weighted by Gasteiger charge is -2.07. The molecule has 152 valence electrons. The predicted octanol–water partition coefficient (Wildman–Crippen LogP) is 2.23. The van der Waals surface area contributed by atoms with Crippen molar-refractivity contribution in [1.29, 1.82) is 0 Å². The molecule has 1 amide bonds. The molecule has 0 spiro atoms. The van der Waals surface area contributed by atoms with Crippen LogP contribution >= 0.6 is 0 Å². The van der Waals surface area contributed by atoms with E-state index in [1.807, 2.05) is 13.8 Å². The van der Waals surface area contributed by atoms with Crippen LogP contribution in [0.5, 0.6) is 5.75 Å².